The molecule has 2 amide bonds. The molecule has 2 atom stereocenters. The molecule has 7 heteroatoms. The third-order valence-corrected chi connectivity index (χ3v) is 7.86. The summed E-state index contributed by atoms with van der Waals surface area (Å²) in [6, 6.07) is 14.2. The molecular formula is C26H29N3O3S. The summed E-state index contributed by atoms with van der Waals surface area (Å²) in [5, 5.41) is 2.16. The molecule has 0 bridgehead atoms. The number of nitrogens with zero attached hydrogens (tertiary/aromatic N) is 3. The first kappa shape index (κ1) is 21.9. The lowest BCUT2D eigenvalue weighted by Crippen LogP contribution is -2.57. The Morgan fingerprint density at radius 2 is 1.91 bits per heavy atom. The van der Waals surface area contributed by atoms with Crippen molar-refractivity contribution in [1.82, 2.24) is 14.7 Å². The van der Waals surface area contributed by atoms with Crippen LogP contribution in [0.5, 0.6) is 0 Å². The standard InChI is InChI=1S/C26H29N3O3S/c1-18-6-3-4-7-20(18)25-21-10-15-33-23(21)9-11-28(25)17-24(30)27-12-13-29(19(2)16-27)26(31)22-8-5-14-32-22/h3-8,10,14-15,19,25H,9,11-13,16-17H2,1-2H3/t19-,25-/m0/s1. The summed E-state index contributed by atoms with van der Waals surface area (Å²) in [6.07, 6.45) is 2.49. The van der Waals surface area contributed by atoms with Crippen LogP contribution in [-0.4, -0.2) is 65.3 Å². The summed E-state index contributed by atoms with van der Waals surface area (Å²) < 4.78 is 5.28. The second kappa shape index (κ2) is 9.15. The number of furan rings is 1. The highest BCUT2D eigenvalue weighted by molar-refractivity contribution is 7.10. The third kappa shape index (κ3) is 4.23. The number of rotatable bonds is 4. The third-order valence-electron chi connectivity index (χ3n) is 6.86. The summed E-state index contributed by atoms with van der Waals surface area (Å²) >= 11 is 1.81. The van der Waals surface area contributed by atoms with Crippen LogP contribution >= 0.6 is 11.3 Å². The van der Waals surface area contributed by atoms with Crippen molar-refractivity contribution in [3.8, 4) is 0 Å². The van der Waals surface area contributed by atoms with Crippen LogP contribution in [0, 0.1) is 6.92 Å². The Balaban J connectivity index is 1.30. The van der Waals surface area contributed by atoms with Crippen LogP contribution in [0.25, 0.3) is 0 Å². The number of carbonyl (C=O) groups excluding carboxylic acids is 2. The van der Waals surface area contributed by atoms with Gasteiger partial charge in [0.2, 0.25) is 5.91 Å². The highest BCUT2D eigenvalue weighted by atomic mass is 32.1. The lowest BCUT2D eigenvalue weighted by molar-refractivity contribution is -0.135. The largest absolute Gasteiger partial charge is 0.459 e. The maximum Gasteiger partial charge on any atom is 0.289 e. The maximum absolute atomic E-state index is 13.4. The fourth-order valence-electron chi connectivity index (χ4n) is 5.10. The molecule has 2 aliphatic rings. The number of thiophene rings is 1. The minimum Gasteiger partial charge on any atom is -0.459 e. The summed E-state index contributed by atoms with van der Waals surface area (Å²) in [4.78, 5) is 33.6. The van der Waals surface area contributed by atoms with Gasteiger partial charge in [0.25, 0.3) is 5.91 Å². The Hall–Kier alpha value is -2.90. The van der Waals surface area contributed by atoms with Gasteiger partial charge in [-0.3, -0.25) is 14.5 Å². The molecule has 1 saturated heterocycles. The van der Waals surface area contributed by atoms with E-state index in [4.69, 9.17) is 4.42 Å². The van der Waals surface area contributed by atoms with Gasteiger partial charge >= 0.3 is 0 Å². The molecule has 3 aromatic rings. The molecule has 0 radical (unpaired) electrons. The Kier molecular flexibility index (Phi) is 6.08. The molecule has 2 aliphatic heterocycles. The van der Waals surface area contributed by atoms with E-state index in [1.165, 1.54) is 27.8 Å². The van der Waals surface area contributed by atoms with Crippen LogP contribution in [0.15, 0.2) is 58.5 Å². The molecule has 5 rings (SSSR count). The minimum atomic E-state index is -0.111. The molecule has 0 spiro atoms. The Morgan fingerprint density at radius 3 is 2.67 bits per heavy atom. The molecule has 0 unspecified atom stereocenters. The highest BCUT2D eigenvalue weighted by Gasteiger charge is 2.35. The smallest absolute Gasteiger partial charge is 0.289 e. The van der Waals surface area contributed by atoms with Gasteiger partial charge in [-0.05, 0) is 60.5 Å². The van der Waals surface area contributed by atoms with Crippen molar-refractivity contribution in [3.63, 3.8) is 0 Å². The molecule has 0 saturated carbocycles. The van der Waals surface area contributed by atoms with Gasteiger partial charge in [0.1, 0.15) is 0 Å². The van der Waals surface area contributed by atoms with Crippen molar-refractivity contribution in [2.75, 3.05) is 32.7 Å². The Labute approximate surface area is 198 Å². The first-order chi connectivity index (χ1) is 16.0. The maximum atomic E-state index is 13.4. The summed E-state index contributed by atoms with van der Waals surface area (Å²) in [7, 11) is 0. The molecule has 2 aromatic heterocycles. The molecule has 172 valence electrons. The van der Waals surface area contributed by atoms with Crippen LogP contribution in [0.4, 0.5) is 0 Å². The normalized spacial score (nSPS) is 21.2. The van der Waals surface area contributed by atoms with Gasteiger partial charge in [-0.2, -0.15) is 0 Å². The van der Waals surface area contributed by atoms with Crippen molar-refractivity contribution in [3.05, 3.63) is 81.4 Å². The predicted molar refractivity (Wildman–Crippen MR) is 128 cm³/mol. The predicted octanol–water partition coefficient (Wildman–Crippen LogP) is 3.97. The Morgan fingerprint density at radius 1 is 1.06 bits per heavy atom. The highest BCUT2D eigenvalue weighted by Crippen LogP contribution is 2.38. The molecular weight excluding hydrogens is 434 g/mol. The van der Waals surface area contributed by atoms with E-state index in [1.807, 2.05) is 23.2 Å². The molecule has 1 aromatic carbocycles. The van der Waals surface area contributed by atoms with E-state index in [9.17, 15) is 9.59 Å². The molecule has 33 heavy (non-hydrogen) atoms. The number of carbonyl (C=O) groups is 2. The molecule has 6 nitrogen and oxygen atoms in total. The van der Waals surface area contributed by atoms with Gasteiger partial charge < -0.3 is 14.2 Å². The molecule has 0 N–H and O–H groups in total. The van der Waals surface area contributed by atoms with E-state index in [0.717, 1.165) is 13.0 Å². The van der Waals surface area contributed by atoms with E-state index in [1.54, 1.807) is 17.0 Å². The number of piperazine rings is 1. The summed E-state index contributed by atoms with van der Waals surface area (Å²) in [5.41, 5.74) is 3.85. The van der Waals surface area contributed by atoms with E-state index >= 15 is 0 Å². The van der Waals surface area contributed by atoms with E-state index < -0.39 is 0 Å². The zero-order chi connectivity index (χ0) is 22.9. The van der Waals surface area contributed by atoms with Crippen molar-refractivity contribution >= 4 is 23.2 Å². The zero-order valence-electron chi connectivity index (χ0n) is 19.1. The zero-order valence-corrected chi connectivity index (χ0v) is 19.9. The quantitative estimate of drug-likeness (QED) is 0.588. The number of aryl methyl sites for hydroxylation is 1. The fourth-order valence-corrected chi connectivity index (χ4v) is 6.00. The van der Waals surface area contributed by atoms with Gasteiger partial charge in [0, 0.05) is 37.1 Å². The van der Waals surface area contributed by atoms with Crippen LogP contribution < -0.4 is 0 Å². The van der Waals surface area contributed by atoms with Gasteiger partial charge in [-0.15, -0.1) is 11.3 Å². The van der Waals surface area contributed by atoms with Crippen LogP contribution in [-0.2, 0) is 11.2 Å². The molecule has 4 heterocycles. The average molecular weight is 464 g/mol. The van der Waals surface area contributed by atoms with Crippen molar-refractivity contribution in [1.29, 1.82) is 0 Å². The average Bonchev–Trinajstić information content (AvgIpc) is 3.51. The van der Waals surface area contributed by atoms with Crippen LogP contribution in [0.1, 0.15) is 45.1 Å². The van der Waals surface area contributed by atoms with Gasteiger partial charge in [-0.25, -0.2) is 0 Å². The number of hydrogen-bond donors (Lipinski definition) is 0. The monoisotopic (exact) mass is 463 g/mol. The van der Waals surface area contributed by atoms with Gasteiger partial charge in [-0.1, -0.05) is 24.3 Å². The van der Waals surface area contributed by atoms with E-state index in [0.29, 0.717) is 31.9 Å². The lowest BCUT2D eigenvalue weighted by Gasteiger charge is -2.41. The van der Waals surface area contributed by atoms with Gasteiger partial charge in [0.15, 0.2) is 5.76 Å². The summed E-state index contributed by atoms with van der Waals surface area (Å²) in [5.74, 6) is 0.368. The SMILES string of the molecule is Cc1ccccc1[C@H]1c2ccsc2CCN1CC(=O)N1CCN(C(=O)c2ccco2)[C@@H](C)C1. The summed E-state index contributed by atoms with van der Waals surface area (Å²) in [6.45, 7) is 6.99. The number of amides is 2. The van der Waals surface area contributed by atoms with Crippen LogP contribution in [0.2, 0.25) is 0 Å². The molecule has 1 fully saturated rings. The second-order valence-corrected chi connectivity index (χ2v) is 9.94. The first-order valence-corrected chi connectivity index (χ1v) is 12.4. The number of benzene rings is 1. The van der Waals surface area contributed by atoms with Crippen LogP contribution in [0.3, 0.4) is 0 Å². The minimum absolute atomic E-state index is 0.0581. The van der Waals surface area contributed by atoms with Crippen molar-refractivity contribution < 1.29 is 14.0 Å². The number of hydrogen-bond acceptors (Lipinski definition) is 5. The second-order valence-electron chi connectivity index (χ2n) is 8.94. The molecule has 0 aliphatic carbocycles. The Bertz CT molecular complexity index is 1140. The fraction of sp³-hybridized carbons (Fsp3) is 0.385. The van der Waals surface area contributed by atoms with Crippen molar-refractivity contribution in [2.45, 2.75) is 32.4 Å². The lowest BCUT2D eigenvalue weighted by atomic mass is 9.90. The topological polar surface area (TPSA) is 57.0 Å². The van der Waals surface area contributed by atoms with E-state index in [-0.39, 0.29) is 23.9 Å². The van der Waals surface area contributed by atoms with Crippen molar-refractivity contribution in [2.24, 2.45) is 0 Å². The first-order valence-electron chi connectivity index (χ1n) is 11.5. The van der Waals surface area contributed by atoms with Gasteiger partial charge in [0.05, 0.1) is 18.8 Å². The number of fused-ring (bicyclic) bond motifs is 1. The van der Waals surface area contributed by atoms with E-state index in [2.05, 4.69) is 47.5 Å².